The molecule has 1 aliphatic heterocycles. The fraction of sp³-hybridized carbons (Fsp3) is 0.368. The van der Waals surface area contributed by atoms with E-state index >= 15 is 0 Å². The number of anilines is 1. The quantitative estimate of drug-likeness (QED) is 0.687. The summed E-state index contributed by atoms with van der Waals surface area (Å²) in [4.78, 5) is 27.0. The summed E-state index contributed by atoms with van der Waals surface area (Å²) >= 11 is 0. The Kier molecular flexibility index (Phi) is 4.72. The molecule has 140 valence electrons. The van der Waals surface area contributed by atoms with E-state index in [1.807, 2.05) is 30.3 Å². The lowest BCUT2D eigenvalue weighted by molar-refractivity contribution is -0.129. The van der Waals surface area contributed by atoms with Gasteiger partial charge in [0.05, 0.1) is 12.2 Å². The van der Waals surface area contributed by atoms with Crippen LogP contribution in [0.25, 0.3) is 17.0 Å². The second-order valence-electron chi connectivity index (χ2n) is 6.89. The first-order chi connectivity index (χ1) is 13.1. The lowest BCUT2D eigenvalue weighted by Crippen LogP contribution is -2.49. The van der Waals surface area contributed by atoms with Crippen molar-refractivity contribution in [1.82, 2.24) is 29.4 Å². The molecule has 4 rings (SSSR count). The number of benzene rings is 1. The number of nitrogens with zero attached hydrogens (tertiary/aromatic N) is 7. The Hall–Kier alpha value is -3.00. The van der Waals surface area contributed by atoms with Gasteiger partial charge in [0.25, 0.3) is 5.78 Å². The molecule has 2 aromatic heterocycles. The zero-order chi connectivity index (χ0) is 18.8. The van der Waals surface area contributed by atoms with Crippen molar-refractivity contribution < 1.29 is 4.79 Å². The molecule has 0 radical (unpaired) electrons. The van der Waals surface area contributed by atoms with Crippen LogP contribution in [0, 0.1) is 0 Å². The Balaban J connectivity index is 1.57. The number of hydrogen-bond acceptors (Lipinski definition) is 6. The van der Waals surface area contributed by atoms with Crippen LogP contribution in [0.5, 0.6) is 0 Å². The SMILES string of the molecule is CN(C)C(=O)CN1CCN(c2cc(-c3ccccc3)nc3ncnn23)CC1. The van der Waals surface area contributed by atoms with Gasteiger partial charge >= 0.3 is 0 Å². The number of likely N-dealkylation sites (N-methyl/N-ethyl adjacent to an activating group) is 1. The second kappa shape index (κ2) is 7.32. The fourth-order valence-corrected chi connectivity index (χ4v) is 3.25. The Morgan fingerprint density at radius 3 is 2.56 bits per heavy atom. The van der Waals surface area contributed by atoms with E-state index in [2.05, 4.69) is 30.9 Å². The van der Waals surface area contributed by atoms with Crippen LogP contribution in [0.3, 0.4) is 0 Å². The van der Waals surface area contributed by atoms with E-state index in [0.29, 0.717) is 12.3 Å². The number of carbonyl (C=O) groups is 1. The standard InChI is InChI=1S/C19H23N7O/c1-23(2)18(27)13-24-8-10-25(11-9-24)17-12-16(15-6-4-3-5-7-15)22-19-20-14-21-26(17)19/h3-7,12,14H,8-11,13H2,1-2H3. The Morgan fingerprint density at radius 1 is 1.11 bits per heavy atom. The number of fused-ring (bicyclic) bond motifs is 1. The van der Waals surface area contributed by atoms with Gasteiger partial charge in [-0.15, -0.1) is 0 Å². The van der Waals surface area contributed by atoms with Crippen LogP contribution >= 0.6 is 0 Å². The topological polar surface area (TPSA) is 69.9 Å². The van der Waals surface area contributed by atoms with Crippen molar-refractivity contribution in [2.75, 3.05) is 51.7 Å². The van der Waals surface area contributed by atoms with Crippen LogP contribution in [0.1, 0.15) is 0 Å². The second-order valence-corrected chi connectivity index (χ2v) is 6.89. The first kappa shape index (κ1) is 17.4. The van der Waals surface area contributed by atoms with E-state index in [1.54, 1.807) is 23.5 Å². The summed E-state index contributed by atoms with van der Waals surface area (Å²) in [7, 11) is 3.59. The third-order valence-electron chi connectivity index (χ3n) is 4.86. The number of amides is 1. The van der Waals surface area contributed by atoms with Crippen molar-refractivity contribution in [3.8, 4) is 11.3 Å². The van der Waals surface area contributed by atoms with Crippen LogP contribution < -0.4 is 4.90 Å². The van der Waals surface area contributed by atoms with Crippen molar-refractivity contribution in [2.24, 2.45) is 0 Å². The van der Waals surface area contributed by atoms with E-state index in [9.17, 15) is 4.79 Å². The smallest absolute Gasteiger partial charge is 0.254 e. The molecule has 0 aliphatic carbocycles. The molecule has 0 bridgehead atoms. The minimum Gasteiger partial charge on any atom is -0.354 e. The van der Waals surface area contributed by atoms with E-state index in [4.69, 9.17) is 0 Å². The fourth-order valence-electron chi connectivity index (χ4n) is 3.25. The Bertz CT molecular complexity index is 930. The van der Waals surface area contributed by atoms with Gasteiger partial charge in [0.1, 0.15) is 12.1 Å². The average Bonchev–Trinajstić information content (AvgIpc) is 3.17. The highest BCUT2D eigenvalue weighted by Crippen LogP contribution is 2.24. The summed E-state index contributed by atoms with van der Waals surface area (Å²) in [6.07, 6.45) is 1.53. The van der Waals surface area contributed by atoms with Crippen LogP contribution in [-0.4, -0.2) is 82.1 Å². The molecule has 27 heavy (non-hydrogen) atoms. The van der Waals surface area contributed by atoms with Crippen LogP contribution in [0.4, 0.5) is 5.82 Å². The minimum absolute atomic E-state index is 0.136. The van der Waals surface area contributed by atoms with Gasteiger partial charge in [-0.3, -0.25) is 9.69 Å². The molecule has 0 unspecified atom stereocenters. The minimum atomic E-state index is 0.136. The molecule has 0 atom stereocenters. The maximum absolute atomic E-state index is 11.9. The molecule has 0 spiro atoms. The maximum atomic E-state index is 11.9. The van der Waals surface area contributed by atoms with Gasteiger partial charge in [-0.25, -0.2) is 4.98 Å². The lowest BCUT2D eigenvalue weighted by Gasteiger charge is -2.35. The lowest BCUT2D eigenvalue weighted by atomic mass is 10.1. The van der Waals surface area contributed by atoms with Gasteiger partial charge in [0, 0.05) is 51.9 Å². The predicted molar refractivity (Wildman–Crippen MR) is 104 cm³/mol. The molecule has 3 heterocycles. The highest BCUT2D eigenvalue weighted by molar-refractivity contribution is 5.77. The van der Waals surface area contributed by atoms with E-state index in [-0.39, 0.29) is 5.91 Å². The summed E-state index contributed by atoms with van der Waals surface area (Å²) in [5, 5.41) is 4.35. The molecule has 3 aromatic rings. The van der Waals surface area contributed by atoms with Crippen molar-refractivity contribution in [3.05, 3.63) is 42.7 Å². The Labute approximate surface area is 158 Å². The number of rotatable bonds is 4. The van der Waals surface area contributed by atoms with Crippen molar-refractivity contribution in [2.45, 2.75) is 0 Å². The molecule has 0 N–H and O–H groups in total. The van der Waals surface area contributed by atoms with Crippen LogP contribution in [0.2, 0.25) is 0 Å². The Morgan fingerprint density at radius 2 is 1.85 bits per heavy atom. The first-order valence-electron chi connectivity index (χ1n) is 9.05. The van der Waals surface area contributed by atoms with E-state index in [0.717, 1.165) is 43.3 Å². The number of carbonyl (C=O) groups excluding carboxylic acids is 1. The third-order valence-corrected chi connectivity index (χ3v) is 4.86. The summed E-state index contributed by atoms with van der Waals surface area (Å²) < 4.78 is 1.78. The van der Waals surface area contributed by atoms with Crippen LogP contribution in [-0.2, 0) is 4.79 Å². The molecule has 1 aliphatic rings. The van der Waals surface area contributed by atoms with Gasteiger partial charge in [0.15, 0.2) is 0 Å². The van der Waals surface area contributed by atoms with Gasteiger partial charge in [0.2, 0.25) is 5.91 Å². The summed E-state index contributed by atoms with van der Waals surface area (Å²) in [5.74, 6) is 1.71. The van der Waals surface area contributed by atoms with Gasteiger partial charge in [-0.05, 0) is 0 Å². The average molecular weight is 365 g/mol. The molecule has 1 aromatic carbocycles. The molecule has 1 saturated heterocycles. The van der Waals surface area contributed by atoms with E-state index < -0.39 is 0 Å². The van der Waals surface area contributed by atoms with Crippen molar-refractivity contribution in [3.63, 3.8) is 0 Å². The van der Waals surface area contributed by atoms with Crippen molar-refractivity contribution >= 4 is 17.5 Å². The predicted octanol–water partition coefficient (Wildman–Crippen LogP) is 1.00. The van der Waals surface area contributed by atoms with Crippen molar-refractivity contribution in [1.29, 1.82) is 0 Å². The first-order valence-corrected chi connectivity index (χ1v) is 9.05. The number of piperazine rings is 1. The summed E-state index contributed by atoms with van der Waals surface area (Å²) in [6.45, 7) is 3.78. The van der Waals surface area contributed by atoms with Gasteiger partial charge in [-0.1, -0.05) is 30.3 Å². The maximum Gasteiger partial charge on any atom is 0.254 e. The van der Waals surface area contributed by atoms with Crippen LogP contribution in [0.15, 0.2) is 42.7 Å². The highest BCUT2D eigenvalue weighted by atomic mass is 16.2. The molecular weight excluding hydrogens is 342 g/mol. The molecule has 8 nitrogen and oxygen atoms in total. The molecular formula is C19H23N7O. The zero-order valence-electron chi connectivity index (χ0n) is 15.6. The monoisotopic (exact) mass is 365 g/mol. The zero-order valence-corrected chi connectivity index (χ0v) is 15.6. The van der Waals surface area contributed by atoms with Gasteiger partial charge in [-0.2, -0.15) is 14.6 Å². The normalized spacial score (nSPS) is 15.3. The largest absolute Gasteiger partial charge is 0.354 e. The molecule has 1 fully saturated rings. The van der Waals surface area contributed by atoms with E-state index in [1.165, 1.54) is 6.33 Å². The third kappa shape index (κ3) is 3.61. The summed E-state index contributed by atoms with van der Waals surface area (Å²) in [6, 6.07) is 12.2. The summed E-state index contributed by atoms with van der Waals surface area (Å²) in [5.41, 5.74) is 1.94. The molecule has 0 saturated carbocycles. The molecule has 8 heteroatoms. The highest BCUT2D eigenvalue weighted by Gasteiger charge is 2.22. The van der Waals surface area contributed by atoms with Gasteiger partial charge < -0.3 is 9.80 Å². The number of hydrogen-bond donors (Lipinski definition) is 0. The number of aromatic nitrogens is 4. The molecule has 1 amide bonds.